The largest absolute Gasteiger partial charge is 0.493 e. The first kappa shape index (κ1) is 20.3. The predicted molar refractivity (Wildman–Crippen MR) is 111 cm³/mol. The molecule has 2 aliphatic rings. The van der Waals surface area contributed by atoms with Crippen molar-refractivity contribution in [3.05, 3.63) is 29.8 Å². The van der Waals surface area contributed by atoms with Gasteiger partial charge in [-0.15, -0.1) is 24.0 Å². The topological polar surface area (TPSA) is 72.1 Å². The molecule has 1 aromatic rings. The quantitative estimate of drug-likeness (QED) is 0.354. The summed E-state index contributed by atoms with van der Waals surface area (Å²) < 4.78 is 10.9. The maximum absolute atomic E-state index is 6.09. The van der Waals surface area contributed by atoms with E-state index in [0.717, 1.165) is 37.4 Å². The fourth-order valence-electron chi connectivity index (χ4n) is 3.14. The molecule has 1 aliphatic carbocycles. The van der Waals surface area contributed by atoms with Crippen LogP contribution < -0.4 is 15.8 Å². The minimum atomic E-state index is 0. The van der Waals surface area contributed by atoms with E-state index >= 15 is 0 Å². The summed E-state index contributed by atoms with van der Waals surface area (Å²) in [6, 6.07) is 8.99. The molecular formula is C18H29IN4O2. The first-order chi connectivity index (χ1) is 11.8. The molecule has 0 aromatic heterocycles. The Morgan fingerprint density at radius 1 is 1.32 bits per heavy atom. The highest BCUT2D eigenvalue weighted by Crippen LogP contribution is 2.31. The van der Waals surface area contributed by atoms with Gasteiger partial charge in [0.1, 0.15) is 5.75 Å². The van der Waals surface area contributed by atoms with Crippen LogP contribution >= 0.6 is 24.0 Å². The number of hydrogen-bond acceptors (Lipinski definition) is 4. The second kappa shape index (κ2) is 10.2. The number of benzene rings is 1. The van der Waals surface area contributed by atoms with Crippen LogP contribution in [0.4, 0.5) is 0 Å². The van der Waals surface area contributed by atoms with Gasteiger partial charge in [0.25, 0.3) is 0 Å². The molecule has 3 rings (SSSR count). The molecule has 0 spiro atoms. The number of hydrogen-bond donors (Lipinski definition) is 2. The van der Waals surface area contributed by atoms with Crippen LogP contribution in [-0.4, -0.2) is 56.9 Å². The minimum Gasteiger partial charge on any atom is -0.493 e. The Morgan fingerprint density at radius 3 is 2.88 bits per heavy atom. The molecular weight excluding hydrogens is 431 g/mol. The van der Waals surface area contributed by atoms with Crippen LogP contribution in [0, 0.1) is 0 Å². The number of aliphatic imine (C=N–C) groups is 1. The van der Waals surface area contributed by atoms with E-state index < -0.39 is 0 Å². The lowest BCUT2D eigenvalue weighted by Crippen LogP contribution is -2.38. The van der Waals surface area contributed by atoms with E-state index in [4.69, 9.17) is 15.2 Å². The van der Waals surface area contributed by atoms with Gasteiger partial charge in [0, 0.05) is 38.2 Å². The van der Waals surface area contributed by atoms with Crippen molar-refractivity contribution in [3.63, 3.8) is 0 Å². The lowest BCUT2D eigenvalue weighted by atomic mass is 10.0. The number of nitrogens with two attached hydrogens (primary N) is 1. The van der Waals surface area contributed by atoms with Crippen LogP contribution in [0.15, 0.2) is 29.3 Å². The molecule has 140 valence electrons. The zero-order valence-electron chi connectivity index (χ0n) is 14.8. The molecule has 0 bridgehead atoms. The van der Waals surface area contributed by atoms with Crippen LogP contribution in [-0.2, 0) is 4.74 Å². The number of fused-ring (bicyclic) bond motifs is 1. The fourth-order valence-corrected chi connectivity index (χ4v) is 3.14. The highest BCUT2D eigenvalue weighted by atomic mass is 127. The van der Waals surface area contributed by atoms with Crippen LogP contribution in [0.2, 0.25) is 0 Å². The van der Waals surface area contributed by atoms with E-state index in [2.05, 4.69) is 21.3 Å². The van der Waals surface area contributed by atoms with Crippen molar-refractivity contribution in [2.45, 2.75) is 31.3 Å². The number of nitrogens with zero attached hydrogens (tertiary/aromatic N) is 2. The average molecular weight is 460 g/mol. The van der Waals surface area contributed by atoms with Gasteiger partial charge in [0.15, 0.2) is 5.96 Å². The summed E-state index contributed by atoms with van der Waals surface area (Å²) in [4.78, 5) is 6.96. The highest BCUT2D eigenvalue weighted by Gasteiger charge is 2.28. The number of ether oxygens (including phenoxy) is 2. The van der Waals surface area contributed by atoms with E-state index in [0.29, 0.717) is 25.2 Å². The number of para-hydroxylation sites is 1. The van der Waals surface area contributed by atoms with Gasteiger partial charge in [-0.3, -0.25) is 9.89 Å². The third kappa shape index (κ3) is 6.00. The summed E-state index contributed by atoms with van der Waals surface area (Å²) >= 11 is 0. The van der Waals surface area contributed by atoms with Gasteiger partial charge in [-0.25, -0.2) is 0 Å². The molecule has 1 saturated carbocycles. The standard InChI is InChI=1S/C18H28N4O2.HI/c1-23-13-11-22(14-6-7-14)10-9-20-18(19)21-16-8-12-24-17-5-3-2-4-15(16)17;/h2-5,14,16H,6-13H2,1H3,(H3,19,20,21);1H. The van der Waals surface area contributed by atoms with Crippen molar-refractivity contribution in [1.29, 1.82) is 0 Å². The predicted octanol–water partition coefficient (Wildman–Crippen LogP) is 2.14. The molecule has 7 heteroatoms. The zero-order valence-corrected chi connectivity index (χ0v) is 17.1. The molecule has 0 amide bonds. The molecule has 1 unspecified atom stereocenters. The van der Waals surface area contributed by atoms with Gasteiger partial charge < -0.3 is 20.5 Å². The third-order valence-electron chi connectivity index (χ3n) is 4.60. The van der Waals surface area contributed by atoms with E-state index in [-0.39, 0.29) is 30.0 Å². The summed E-state index contributed by atoms with van der Waals surface area (Å²) in [5.41, 5.74) is 7.25. The van der Waals surface area contributed by atoms with Crippen molar-refractivity contribution >= 4 is 29.9 Å². The van der Waals surface area contributed by atoms with E-state index in [1.54, 1.807) is 7.11 Å². The van der Waals surface area contributed by atoms with Gasteiger partial charge in [0.2, 0.25) is 0 Å². The Hall–Kier alpha value is -1.06. The smallest absolute Gasteiger partial charge is 0.189 e. The molecule has 1 atom stereocenters. The average Bonchev–Trinajstić information content (AvgIpc) is 3.43. The Bertz CT molecular complexity index is 566. The summed E-state index contributed by atoms with van der Waals surface area (Å²) in [6.07, 6.45) is 3.48. The van der Waals surface area contributed by atoms with E-state index in [9.17, 15) is 0 Å². The Kier molecular flexibility index (Phi) is 8.25. The lowest BCUT2D eigenvalue weighted by molar-refractivity contribution is 0.145. The van der Waals surface area contributed by atoms with Gasteiger partial charge in [-0.1, -0.05) is 18.2 Å². The van der Waals surface area contributed by atoms with Gasteiger partial charge in [-0.05, 0) is 18.9 Å². The Labute approximate surface area is 167 Å². The molecule has 1 heterocycles. The van der Waals surface area contributed by atoms with Crippen molar-refractivity contribution in [2.75, 3.05) is 40.0 Å². The van der Waals surface area contributed by atoms with Gasteiger partial charge in [-0.2, -0.15) is 0 Å². The summed E-state index contributed by atoms with van der Waals surface area (Å²) in [5.74, 6) is 1.45. The maximum atomic E-state index is 6.09. The first-order valence-electron chi connectivity index (χ1n) is 8.79. The second-order valence-corrected chi connectivity index (χ2v) is 6.40. The van der Waals surface area contributed by atoms with Gasteiger partial charge in [0.05, 0.1) is 25.8 Å². The van der Waals surface area contributed by atoms with Crippen LogP contribution in [0.3, 0.4) is 0 Å². The van der Waals surface area contributed by atoms with Crippen LogP contribution in [0.5, 0.6) is 5.75 Å². The molecule has 1 fully saturated rings. The van der Waals surface area contributed by atoms with Crippen molar-refractivity contribution in [1.82, 2.24) is 10.2 Å². The Balaban J connectivity index is 0.00000225. The van der Waals surface area contributed by atoms with Gasteiger partial charge >= 0.3 is 0 Å². The van der Waals surface area contributed by atoms with Crippen LogP contribution in [0.25, 0.3) is 0 Å². The summed E-state index contributed by atoms with van der Waals surface area (Å²) in [5, 5.41) is 3.34. The first-order valence-corrected chi connectivity index (χ1v) is 8.79. The number of methoxy groups -OCH3 is 1. The molecule has 0 radical (unpaired) electrons. The number of halogens is 1. The number of guanidine groups is 1. The third-order valence-corrected chi connectivity index (χ3v) is 4.60. The minimum absolute atomic E-state index is 0. The van der Waals surface area contributed by atoms with Crippen molar-refractivity contribution < 1.29 is 9.47 Å². The zero-order chi connectivity index (χ0) is 16.8. The molecule has 3 N–H and O–H groups in total. The number of nitrogens with one attached hydrogen (secondary N) is 1. The molecule has 25 heavy (non-hydrogen) atoms. The van der Waals surface area contributed by atoms with Crippen LogP contribution in [0.1, 0.15) is 30.9 Å². The van der Waals surface area contributed by atoms with Crippen molar-refractivity contribution in [3.8, 4) is 5.75 Å². The highest BCUT2D eigenvalue weighted by molar-refractivity contribution is 14.0. The van der Waals surface area contributed by atoms with Crippen molar-refractivity contribution in [2.24, 2.45) is 10.7 Å². The monoisotopic (exact) mass is 460 g/mol. The lowest BCUT2D eigenvalue weighted by Gasteiger charge is -2.27. The fraction of sp³-hybridized carbons (Fsp3) is 0.611. The maximum Gasteiger partial charge on any atom is 0.189 e. The summed E-state index contributed by atoms with van der Waals surface area (Å²) in [7, 11) is 1.75. The van der Waals surface area contributed by atoms with E-state index in [1.807, 2.05) is 18.2 Å². The molecule has 1 aliphatic heterocycles. The molecule has 6 nitrogen and oxygen atoms in total. The number of rotatable bonds is 8. The summed E-state index contributed by atoms with van der Waals surface area (Å²) in [6.45, 7) is 4.09. The normalized spacial score (nSPS) is 19.8. The second-order valence-electron chi connectivity index (χ2n) is 6.40. The molecule has 1 aromatic carbocycles. The van der Waals surface area contributed by atoms with E-state index in [1.165, 1.54) is 12.8 Å². The SMILES string of the molecule is COCCN(CCN=C(N)NC1CCOc2ccccc21)C1CC1.I. The molecule has 0 saturated heterocycles. The Morgan fingerprint density at radius 2 is 2.12 bits per heavy atom.